The second-order valence-corrected chi connectivity index (χ2v) is 4.46. The third-order valence-corrected chi connectivity index (χ3v) is 3.37. The zero-order valence-corrected chi connectivity index (χ0v) is 12.1. The van der Waals surface area contributed by atoms with Gasteiger partial charge in [0.1, 0.15) is 5.75 Å². The third kappa shape index (κ3) is 3.96. The first-order valence-electron chi connectivity index (χ1n) is 6.78. The summed E-state index contributed by atoms with van der Waals surface area (Å²) in [6, 6.07) is 7.76. The van der Waals surface area contributed by atoms with Gasteiger partial charge in [0, 0.05) is 19.6 Å². The lowest BCUT2D eigenvalue weighted by Gasteiger charge is -2.24. The summed E-state index contributed by atoms with van der Waals surface area (Å²) < 4.78 is 5.32. The molecule has 0 saturated heterocycles. The maximum atomic E-state index is 12.3. The van der Waals surface area contributed by atoms with Crippen LogP contribution in [0, 0.1) is 5.92 Å². The van der Waals surface area contributed by atoms with Gasteiger partial charge in [0.15, 0.2) is 0 Å². The molecule has 0 saturated carbocycles. The molecule has 1 amide bonds. The molecule has 19 heavy (non-hydrogen) atoms. The normalized spacial score (nSPS) is 12.0. The van der Waals surface area contributed by atoms with Crippen molar-refractivity contribution in [1.82, 2.24) is 4.90 Å². The first-order valence-corrected chi connectivity index (χ1v) is 6.78. The van der Waals surface area contributed by atoms with Crippen molar-refractivity contribution in [2.75, 3.05) is 26.7 Å². The number of methoxy groups -OCH3 is 1. The van der Waals surface area contributed by atoms with E-state index in [1.807, 2.05) is 43.0 Å². The second kappa shape index (κ2) is 7.79. The maximum Gasteiger partial charge on any atom is 0.227 e. The van der Waals surface area contributed by atoms with Gasteiger partial charge < -0.3 is 15.4 Å². The number of para-hydroxylation sites is 1. The van der Waals surface area contributed by atoms with Crippen molar-refractivity contribution >= 4 is 5.91 Å². The highest BCUT2D eigenvalue weighted by atomic mass is 16.5. The van der Waals surface area contributed by atoms with E-state index in [1.165, 1.54) is 0 Å². The van der Waals surface area contributed by atoms with Gasteiger partial charge in [-0.25, -0.2) is 0 Å². The Kier molecular flexibility index (Phi) is 6.36. The van der Waals surface area contributed by atoms with Crippen molar-refractivity contribution in [3.8, 4) is 5.75 Å². The van der Waals surface area contributed by atoms with Crippen LogP contribution >= 0.6 is 0 Å². The van der Waals surface area contributed by atoms with Crippen LogP contribution in [-0.2, 0) is 11.2 Å². The number of ether oxygens (including phenoxy) is 1. The predicted octanol–water partition coefficient (Wildman–Crippen LogP) is 1.68. The van der Waals surface area contributed by atoms with Gasteiger partial charge in [-0.05, 0) is 31.9 Å². The Bertz CT molecular complexity index is 403. The molecular formula is C15H24N2O2. The molecular weight excluding hydrogens is 240 g/mol. The summed E-state index contributed by atoms with van der Waals surface area (Å²) in [5.74, 6) is 0.753. The van der Waals surface area contributed by atoms with Crippen LogP contribution < -0.4 is 10.5 Å². The number of benzene rings is 1. The molecule has 0 bridgehead atoms. The van der Waals surface area contributed by atoms with Crippen LogP contribution in [0.5, 0.6) is 5.75 Å². The molecule has 4 heteroatoms. The molecule has 1 aromatic rings. The van der Waals surface area contributed by atoms with Gasteiger partial charge in [0.2, 0.25) is 5.91 Å². The molecule has 1 rings (SSSR count). The van der Waals surface area contributed by atoms with Gasteiger partial charge in [-0.2, -0.15) is 0 Å². The van der Waals surface area contributed by atoms with Crippen LogP contribution in [-0.4, -0.2) is 37.6 Å². The zero-order valence-electron chi connectivity index (χ0n) is 12.1. The molecule has 106 valence electrons. The number of hydrogen-bond donors (Lipinski definition) is 1. The van der Waals surface area contributed by atoms with Crippen LogP contribution in [0.3, 0.4) is 0 Å². The third-order valence-electron chi connectivity index (χ3n) is 3.37. The number of hydrogen-bond acceptors (Lipinski definition) is 3. The average molecular weight is 264 g/mol. The Hall–Kier alpha value is -1.55. The zero-order chi connectivity index (χ0) is 14.3. The summed E-state index contributed by atoms with van der Waals surface area (Å²) in [6.45, 7) is 5.76. The van der Waals surface area contributed by atoms with E-state index in [2.05, 4.69) is 0 Å². The number of nitrogens with zero attached hydrogens (tertiary/aromatic N) is 1. The minimum absolute atomic E-state index is 0.124. The van der Waals surface area contributed by atoms with Crippen molar-refractivity contribution in [3.63, 3.8) is 0 Å². The first kappa shape index (κ1) is 15.5. The van der Waals surface area contributed by atoms with Crippen LogP contribution in [0.25, 0.3) is 0 Å². The molecule has 2 N–H and O–H groups in total. The molecule has 0 aliphatic rings. The highest BCUT2D eigenvalue weighted by Crippen LogP contribution is 2.21. The summed E-state index contributed by atoms with van der Waals surface area (Å²) in [6.07, 6.45) is 0.621. The molecule has 1 atom stereocenters. The summed E-state index contributed by atoms with van der Waals surface area (Å²) in [4.78, 5) is 14.2. The van der Waals surface area contributed by atoms with Crippen LogP contribution in [0.15, 0.2) is 24.3 Å². The summed E-state index contributed by atoms with van der Waals surface area (Å²) in [5.41, 5.74) is 6.80. The number of carbonyl (C=O) groups excluding carboxylic acids is 1. The average Bonchev–Trinajstić information content (AvgIpc) is 2.46. The van der Waals surface area contributed by atoms with Gasteiger partial charge in [0.25, 0.3) is 0 Å². The van der Waals surface area contributed by atoms with Crippen molar-refractivity contribution in [3.05, 3.63) is 29.8 Å². The molecule has 0 aromatic heterocycles. The number of amides is 1. The van der Waals surface area contributed by atoms with E-state index in [1.54, 1.807) is 7.11 Å². The highest BCUT2D eigenvalue weighted by molar-refractivity contribution is 5.79. The smallest absolute Gasteiger partial charge is 0.227 e. The molecule has 0 aliphatic heterocycles. The summed E-state index contributed by atoms with van der Waals surface area (Å²) in [7, 11) is 1.64. The minimum atomic E-state index is -0.184. The van der Waals surface area contributed by atoms with E-state index >= 15 is 0 Å². The fourth-order valence-corrected chi connectivity index (χ4v) is 2.20. The summed E-state index contributed by atoms with van der Waals surface area (Å²) in [5, 5.41) is 0. The van der Waals surface area contributed by atoms with Gasteiger partial charge in [-0.15, -0.1) is 0 Å². The Morgan fingerprint density at radius 1 is 1.32 bits per heavy atom. The van der Waals surface area contributed by atoms with Gasteiger partial charge in [0.05, 0.1) is 13.0 Å². The van der Waals surface area contributed by atoms with E-state index in [0.29, 0.717) is 13.0 Å². The van der Waals surface area contributed by atoms with Crippen molar-refractivity contribution in [2.24, 2.45) is 11.7 Å². The van der Waals surface area contributed by atoms with Gasteiger partial charge >= 0.3 is 0 Å². The summed E-state index contributed by atoms with van der Waals surface area (Å²) >= 11 is 0. The lowest BCUT2D eigenvalue weighted by atomic mass is 9.97. The van der Waals surface area contributed by atoms with E-state index in [0.717, 1.165) is 24.4 Å². The maximum absolute atomic E-state index is 12.3. The Balaban J connectivity index is 2.84. The fourth-order valence-electron chi connectivity index (χ4n) is 2.20. The van der Waals surface area contributed by atoms with E-state index < -0.39 is 0 Å². The largest absolute Gasteiger partial charge is 0.496 e. The second-order valence-electron chi connectivity index (χ2n) is 4.46. The van der Waals surface area contributed by atoms with Gasteiger partial charge in [-0.3, -0.25) is 4.79 Å². The first-order chi connectivity index (χ1) is 9.17. The fraction of sp³-hybridized carbons (Fsp3) is 0.533. The predicted molar refractivity (Wildman–Crippen MR) is 77.2 cm³/mol. The monoisotopic (exact) mass is 264 g/mol. The molecule has 0 radical (unpaired) electrons. The lowest BCUT2D eigenvalue weighted by molar-refractivity contribution is -0.134. The number of carbonyl (C=O) groups is 1. The van der Waals surface area contributed by atoms with E-state index in [-0.39, 0.29) is 11.8 Å². The highest BCUT2D eigenvalue weighted by Gasteiger charge is 2.22. The molecule has 0 heterocycles. The number of nitrogens with two attached hydrogens (primary N) is 1. The van der Waals surface area contributed by atoms with E-state index in [4.69, 9.17) is 10.5 Å². The van der Waals surface area contributed by atoms with Crippen molar-refractivity contribution in [2.45, 2.75) is 20.3 Å². The van der Waals surface area contributed by atoms with Crippen LogP contribution in [0.4, 0.5) is 0 Å². The van der Waals surface area contributed by atoms with Crippen molar-refractivity contribution in [1.29, 1.82) is 0 Å². The molecule has 0 spiro atoms. The molecule has 1 aromatic carbocycles. The van der Waals surface area contributed by atoms with E-state index in [9.17, 15) is 4.79 Å². The number of rotatable bonds is 7. The molecule has 0 fully saturated rings. The lowest BCUT2D eigenvalue weighted by Crippen LogP contribution is -2.39. The van der Waals surface area contributed by atoms with Crippen molar-refractivity contribution < 1.29 is 9.53 Å². The topological polar surface area (TPSA) is 55.6 Å². The molecule has 4 nitrogen and oxygen atoms in total. The van der Waals surface area contributed by atoms with Crippen LogP contribution in [0.2, 0.25) is 0 Å². The van der Waals surface area contributed by atoms with Crippen LogP contribution in [0.1, 0.15) is 19.4 Å². The SMILES string of the molecule is CCN(CC)C(=O)C(CN)Cc1ccccc1OC. The minimum Gasteiger partial charge on any atom is -0.496 e. The Labute approximate surface area is 115 Å². The Morgan fingerprint density at radius 2 is 1.95 bits per heavy atom. The van der Waals surface area contributed by atoms with Gasteiger partial charge in [-0.1, -0.05) is 18.2 Å². The quantitative estimate of drug-likeness (QED) is 0.815. The standard InChI is InChI=1S/C15H24N2O2/c1-4-17(5-2)15(18)13(11-16)10-12-8-6-7-9-14(12)19-3/h6-9,13H,4-5,10-11,16H2,1-3H3. The molecule has 1 unspecified atom stereocenters. The Morgan fingerprint density at radius 3 is 2.47 bits per heavy atom. The molecule has 0 aliphatic carbocycles.